The highest BCUT2D eigenvalue weighted by Gasteiger charge is 2.18. The van der Waals surface area contributed by atoms with Gasteiger partial charge in [-0.25, -0.2) is 4.79 Å². The summed E-state index contributed by atoms with van der Waals surface area (Å²) in [7, 11) is 0. The molecule has 1 aromatic heterocycles. The average Bonchev–Trinajstić information content (AvgIpc) is 2.49. The number of para-hydroxylation sites is 1. The van der Waals surface area contributed by atoms with Gasteiger partial charge in [-0.05, 0) is 31.2 Å². The van der Waals surface area contributed by atoms with Crippen molar-refractivity contribution in [2.75, 3.05) is 5.32 Å². The summed E-state index contributed by atoms with van der Waals surface area (Å²) in [6, 6.07) is 12.2. The Balaban J connectivity index is 1.93. The lowest BCUT2D eigenvalue weighted by Crippen LogP contribution is -2.30. The molecule has 0 aliphatic carbocycles. The summed E-state index contributed by atoms with van der Waals surface area (Å²) < 4.78 is 5.08. The molecule has 0 aliphatic heterocycles. The molecule has 5 heteroatoms. The van der Waals surface area contributed by atoms with Gasteiger partial charge in [0.1, 0.15) is 0 Å². The second kappa shape index (κ2) is 6.47. The number of rotatable bonds is 4. The van der Waals surface area contributed by atoms with Crippen LogP contribution in [-0.2, 0) is 9.53 Å². The van der Waals surface area contributed by atoms with Gasteiger partial charge < -0.3 is 10.1 Å². The van der Waals surface area contributed by atoms with E-state index in [1.807, 2.05) is 18.2 Å². The van der Waals surface area contributed by atoms with Crippen LogP contribution in [-0.4, -0.2) is 23.0 Å². The smallest absolute Gasteiger partial charge is 0.340 e. The first-order valence-corrected chi connectivity index (χ1v) is 6.14. The average molecular weight is 270 g/mol. The van der Waals surface area contributed by atoms with Crippen LogP contribution in [0.2, 0.25) is 0 Å². The molecule has 1 amide bonds. The molecule has 2 aromatic rings. The lowest BCUT2D eigenvalue weighted by atomic mass is 10.3. The number of nitrogens with one attached hydrogen (secondary N) is 1. The molecule has 0 fully saturated rings. The zero-order chi connectivity index (χ0) is 14.4. The van der Waals surface area contributed by atoms with Gasteiger partial charge >= 0.3 is 5.97 Å². The van der Waals surface area contributed by atoms with Crippen LogP contribution in [0.15, 0.2) is 54.9 Å². The molecule has 1 N–H and O–H groups in total. The Morgan fingerprint density at radius 3 is 2.55 bits per heavy atom. The van der Waals surface area contributed by atoms with Crippen molar-refractivity contribution >= 4 is 17.6 Å². The van der Waals surface area contributed by atoms with Crippen molar-refractivity contribution in [3.8, 4) is 0 Å². The molecule has 0 bridgehead atoms. The van der Waals surface area contributed by atoms with Gasteiger partial charge in [-0.15, -0.1) is 0 Å². The number of esters is 1. The SMILES string of the molecule is CC(OC(=O)c1cccnc1)C(=O)Nc1ccccc1. The molecular formula is C15H14N2O3. The molecule has 2 rings (SSSR count). The Bertz CT molecular complexity index is 585. The lowest BCUT2D eigenvalue weighted by molar-refractivity contribution is -0.123. The number of anilines is 1. The highest BCUT2D eigenvalue weighted by atomic mass is 16.5. The van der Waals surface area contributed by atoms with Crippen molar-refractivity contribution in [2.45, 2.75) is 13.0 Å². The molecule has 1 aromatic carbocycles. The third-order valence-corrected chi connectivity index (χ3v) is 2.59. The number of hydrogen-bond donors (Lipinski definition) is 1. The highest BCUT2D eigenvalue weighted by Crippen LogP contribution is 2.08. The Morgan fingerprint density at radius 2 is 1.90 bits per heavy atom. The van der Waals surface area contributed by atoms with Crippen molar-refractivity contribution in [3.63, 3.8) is 0 Å². The lowest BCUT2D eigenvalue weighted by Gasteiger charge is -2.13. The predicted molar refractivity (Wildman–Crippen MR) is 74.2 cm³/mol. The number of carbonyl (C=O) groups is 2. The summed E-state index contributed by atoms with van der Waals surface area (Å²) in [5, 5.41) is 2.67. The molecule has 0 radical (unpaired) electrons. The van der Waals surface area contributed by atoms with Gasteiger partial charge in [0.05, 0.1) is 5.56 Å². The van der Waals surface area contributed by atoms with E-state index in [1.54, 1.807) is 30.5 Å². The van der Waals surface area contributed by atoms with Gasteiger partial charge in [-0.3, -0.25) is 9.78 Å². The first kappa shape index (κ1) is 13.7. The topological polar surface area (TPSA) is 68.3 Å². The predicted octanol–water partition coefficient (Wildman–Crippen LogP) is 2.27. The zero-order valence-corrected chi connectivity index (χ0v) is 10.9. The number of hydrogen-bond acceptors (Lipinski definition) is 4. The third kappa shape index (κ3) is 3.65. The van der Waals surface area contributed by atoms with E-state index in [0.29, 0.717) is 11.3 Å². The van der Waals surface area contributed by atoms with Gasteiger partial charge in [0.25, 0.3) is 5.91 Å². The maximum Gasteiger partial charge on any atom is 0.340 e. The number of benzene rings is 1. The Labute approximate surface area is 116 Å². The number of amides is 1. The van der Waals surface area contributed by atoms with Crippen LogP contribution in [0, 0.1) is 0 Å². The third-order valence-electron chi connectivity index (χ3n) is 2.59. The summed E-state index contributed by atoms with van der Waals surface area (Å²) >= 11 is 0. The molecule has 20 heavy (non-hydrogen) atoms. The first-order valence-electron chi connectivity index (χ1n) is 6.14. The molecule has 0 saturated carbocycles. The maximum absolute atomic E-state index is 11.9. The highest BCUT2D eigenvalue weighted by molar-refractivity contribution is 5.97. The fraction of sp³-hybridized carbons (Fsp3) is 0.133. The van der Waals surface area contributed by atoms with E-state index in [9.17, 15) is 9.59 Å². The summed E-state index contributed by atoms with van der Waals surface area (Å²) in [6.45, 7) is 1.52. The van der Waals surface area contributed by atoms with Gasteiger partial charge in [-0.2, -0.15) is 0 Å². The summed E-state index contributed by atoms with van der Waals surface area (Å²) in [6.07, 6.45) is 2.06. The molecule has 1 atom stereocenters. The molecular weight excluding hydrogens is 256 g/mol. The minimum Gasteiger partial charge on any atom is -0.449 e. The number of pyridine rings is 1. The number of aromatic nitrogens is 1. The summed E-state index contributed by atoms with van der Waals surface area (Å²) in [4.78, 5) is 27.5. The molecule has 1 heterocycles. The van der Waals surface area contributed by atoms with E-state index in [1.165, 1.54) is 13.1 Å². The molecule has 1 unspecified atom stereocenters. The minimum absolute atomic E-state index is 0.312. The fourth-order valence-electron chi connectivity index (χ4n) is 1.53. The normalized spacial score (nSPS) is 11.4. The first-order chi connectivity index (χ1) is 9.66. The zero-order valence-electron chi connectivity index (χ0n) is 10.9. The van der Waals surface area contributed by atoms with E-state index >= 15 is 0 Å². The van der Waals surface area contributed by atoms with E-state index in [-0.39, 0.29) is 5.91 Å². The largest absolute Gasteiger partial charge is 0.449 e. The molecule has 0 aliphatic rings. The monoisotopic (exact) mass is 270 g/mol. The molecule has 0 saturated heterocycles. The van der Waals surface area contributed by atoms with Gasteiger partial charge in [-0.1, -0.05) is 18.2 Å². The van der Waals surface area contributed by atoms with E-state index in [0.717, 1.165) is 0 Å². The van der Waals surface area contributed by atoms with Crippen molar-refractivity contribution in [3.05, 3.63) is 60.4 Å². The van der Waals surface area contributed by atoms with Crippen LogP contribution >= 0.6 is 0 Å². The number of ether oxygens (including phenoxy) is 1. The van der Waals surface area contributed by atoms with E-state index in [4.69, 9.17) is 4.74 Å². The van der Waals surface area contributed by atoms with Crippen LogP contribution in [0.3, 0.4) is 0 Å². The standard InChI is InChI=1S/C15H14N2O3/c1-11(14(18)17-13-7-3-2-4-8-13)20-15(19)12-6-5-9-16-10-12/h2-11H,1H3,(H,17,18). The van der Waals surface area contributed by atoms with Crippen molar-refractivity contribution in [1.29, 1.82) is 0 Å². The van der Waals surface area contributed by atoms with Gasteiger partial charge in [0.2, 0.25) is 0 Å². The van der Waals surface area contributed by atoms with Crippen LogP contribution in [0.5, 0.6) is 0 Å². The number of nitrogens with zero attached hydrogens (tertiary/aromatic N) is 1. The second-order valence-corrected chi connectivity index (χ2v) is 4.14. The quantitative estimate of drug-likeness (QED) is 0.865. The Morgan fingerprint density at radius 1 is 1.15 bits per heavy atom. The molecule has 5 nitrogen and oxygen atoms in total. The van der Waals surface area contributed by atoms with Crippen molar-refractivity contribution in [1.82, 2.24) is 4.98 Å². The van der Waals surface area contributed by atoms with E-state index < -0.39 is 12.1 Å². The van der Waals surface area contributed by atoms with Crippen molar-refractivity contribution < 1.29 is 14.3 Å². The van der Waals surface area contributed by atoms with Gasteiger partial charge in [0, 0.05) is 18.1 Å². The fourth-order valence-corrected chi connectivity index (χ4v) is 1.53. The van der Waals surface area contributed by atoms with Crippen LogP contribution < -0.4 is 5.32 Å². The van der Waals surface area contributed by atoms with Crippen LogP contribution in [0.1, 0.15) is 17.3 Å². The van der Waals surface area contributed by atoms with Crippen LogP contribution in [0.4, 0.5) is 5.69 Å². The second-order valence-electron chi connectivity index (χ2n) is 4.14. The van der Waals surface area contributed by atoms with Gasteiger partial charge in [0.15, 0.2) is 6.10 Å². The van der Waals surface area contributed by atoms with E-state index in [2.05, 4.69) is 10.3 Å². The Hall–Kier alpha value is -2.69. The minimum atomic E-state index is -0.886. The maximum atomic E-state index is 11.9. The summed E-state index contributed by atoms with van der Waals surface area (Å²) in [5.74, 6) is -0.956. The van der Waals surface area contributed by atoms with Crippen molar-refractivity contribution in [2.24, 2.45) is 0 Å². The molecule has 0 spiro atoms. The van der Waals surface area contributed by atoms with Crippen LogP contribution in [0.25, 0.3) is 0 Å². The number of carbonyl (C=O) groups excluding carboxylic acids is 2. The Kier molecular flexibility index (Phi) is 4.44. The molecule has 102 valence electrons. The summed E-state index contributed by atoms with van der Waals surface area (Å²) in [5.41, 5.74) is 0.966.